The van der Waals surface area contributed by atoms with Crippen LogP contribution >= 0.6 is 0 Å². The minimum Gasteiger partial charge on any atom is -0.454 e. The molecule has 0 fully saturated rings. The molecule has 2 aromatic heterocycles. The molecular formula is C23H20N6O4. The zero-order chi connectivity index (χ0) is 22.8. The van der Waals surface area contributed by atoms with Gasteiger partial charge >= 0.3 is 6.03 Å². The Balaban J connectivity index is 1.21. The van der Waals surface area contributed by atoms with Gasteiger partial charge in [0.25, 0.3) is 0 Å². The van der Waals surface area contributed by atoms with Gasteiger partial charge in [-0.15, -0.1) is 0 Å². The lowest BCUT2D eigenvalue weighted by molar-refractivity contribution is 0.174. The molecule has 2 amide bonds. The Morgan fingerprint density at radius 1 is 0.939 bits per heavy atom. The first-order valence-electron chi connectivity index (χ1n) is 10.1. The predicted molar refractivity (Wildman–Crippen MR) is 120 cm³/mol. The van der Waals surface area contributed by atoms with E-state index in [-0.39, 0.29) is 12.8 Å². The SMILES string of the molecule is Cc1cc(C)n(-c2cc(Oc3ccc(NC(=O)Nc4ccc5c(c4)OCO5)cc3)ncn2)n1. The van der Waals surface area contributed by atoms with Gasteiger partial charge in [0.2, 0.25) is 12.7 Å². The zero-order valence-electron chi connectivity index (χ0n) is 17.9. The zero-order valence-corrected chi connectivity index (χ0v) is 17.9. The monoisotopic (exact) mass is 444 g/mol. The average Bonchev–Trinajstić information content (AvgIpc) is 3.40. The Labute approximate surface area is 189 Å². The Kier molecular flexibility index (Phi) is 5.23. The number of carbonyl (C=O) groups excluding carboxylic acids is 1. The van der Waals surface area contributed by atoms with Crippen molar-refractivity contribution >= 4 is 17.4 Å². The van der Waals surface area contributed by atoms with Crippen molar-refractivity contribution in [1.29, 1.82) is 0 Å². The van der Waals surface area contributed by atoms with Crippen LogP contribution in [0.5, 0.6) is 23.1 Å². The number of anilines is 2. The number of ether oxygens (including phenoxy) is 3. The van der Waals surface area contributed by atoms with E-state index in [1.807, 2.05) is 19.9 Å². The summed E-state index contributed by atoms with van der Waals surface area (Å²) in [4.78, 5) is 20.7. The quantitative estimate of drug-likeness (QED) is 0.468. The maximum Gasteiger partial charge on any atom is 0.323 e. The number of nitrogens with zero attached hydrogens (tertiary/aromatic N) is 4. The molecule has 33 heavy (non-hydrogen) atoms. The van der Waals surface area contributed by atoms with Crippen molar-refractivity contribution in [3.05, 3.63) is 72.3 Å². The molecule has 0 atom stereocenters. The van der Waals surface area contributed by atoms with E-state index in [1.54, 1.807) is 53.2 Å². The topological polar surface area (TPSA) is 112 Å². The van der Waals surface area contributed by atoms with Gasteiger partial charge < -0.3 is 24.8 Å². The van der Waals surface area contributed by atoms with Gasteiger partial charge in [0.05, 0.1) is 5.69 Å². The lowest BCUT2D eigenvalue weighted by atomic mass is 10.3. The summed E-state index contributed by atoms with van der Waals surface area (Å²) in [5.41, 5.74) is 3.07. The normalized spacial score (nSPS) is 11.8. The van der Waals surface area contributed by atoms with Crippen LogP contribution in [0.1, 0.15) is 11.4 Å². The number of aromatic nitrogens is 4. The summed E-state index contributed by atoms with van der Waals surface area (Å²) in [6, 6.07) is 15.4. The van der Waals surface area contributed by atoms with Crippen LogP contribution in [-0.2, 0) is 0 Å². The summed E-state index contributed by atoms with van der Waals surface area (Å²) < 4.78 is 18.2. The average molecular weight is 444 g/mol. The molecule has 5 rings (SSSR count). The first-order chi connectivity index (χ1) is 16.0. The maximum absolute atomic E-state index is 12.3. The van der Waals surface area contributed by atoms with Crippen molar-refractivity contribution in [2.45, 2.75) is 13.8 Å². The minimum absolute atomic E-state index is 0.179. The number of fused-ring (bicyclic) bond motifs is 1. The van der Waals surface area contributed by atoms with Gasteiger partial charge in [-0.1, -0.05) is 0 Å². The highest BCUT2D eigenvalue weighted by Crippen LogP contribution is 2.34. The molecule has 0 spiro atoms. The van der Waals surface area contributed by atoms with Crippen molar-refractivity contribution in [3.8, 4) is 28.9 Å². The number of amides is 2. The van der Waals surface area contributed by atoms with Crippen molar-refractivity contribution in [2.24, 2.45) is 0 Å². The highest BCUT2D eigenvalue weighted by molar-refractivity contribution is 6.00. The summed E-state index contributed by atoms with van der Waals surface area (Å²) in [5, 5.41) is 9.96. The van der Waals surface area contributed by atoms with Crippen molar-refractivity contribution in [2.75, 3.05) is 17.4 Å². The van der Waals surface area contributed by atoms with Crippen molar-refractivity contribution < 1.29 is 19.0 Å². The Hall–Kier alpha value is -4.60. The molecule has 2 aromatic carbocycles. The van der Waals surface area contributed by atoms with Gasteiger partial charge in [-0.05, 0) is 56.3 Å². The molecule has 10 heteroatoms. The second-order valence-corrected chi connectivity index (χ2v) is 7.33. The van der Waals surface area contributed by atoms with Gasteiger partial charge in [0, 0.05) is 29.2 Å². The summed E-state index contributed by atoms with van der Waals surface area (Å²) in [7, 11) is 0. The molecule has 0 saturated heterocycles. The number of benzene rings is 2. The first kappa shape index (κ1) is 20.3. The first-order valence-corrected chi connectivity index (χ1v) is 10.1. The molecule has 166 valence electrons. The number of hydrogen-bond acceptors (Lipinski definition) is 7. The molecule has 4 aromatic rings. The van der Waals surface area contributed by atoms with Crippen LogP contribution in [0.25, 0.3) is 5.82 Å². The third-order valence-corrected chi connectivity index (χ3v) is 4.82. The van der Waals surface area contributed by atoms with Crippen LogP contribution < -0.4 is 24.8 Å². The van der Waals surface area contributed by atoms with Gasteiger partial charge in [-0.25, -0.2) is 19.4 Å². The second-order valence-electron chi connectivity index (χ2n) is 7.33. The maximum atomic E-state index is 12.3. The molecule has 0 unspecified atom stereocenters. The summed E-state index contributed by atoms with van der Waals surface area (Å²) in [6.45, 7) is 4.06. The molecule has 0 bridgehead atoms. The number of rotatable bonds is 5. The molecule has 1 aliphatic rings. The minimum atomic E-state index is -0.382. The van der Waals surface area contributed by atoms with Crippen LogP contribution in [0.2, 0.25) is 0 Å². The number of urea groups is 1. The molecule has 10 nitrogen and oxygen atoms in total. The third-order valence-electron chi connectivity index (χ3n) is 4.82. The predicted octanol–water partition coefficient (Wildman–Crippen LogP) is 4.44. The van der Waals surface area contributed by atoms with E-state index in [1.165, 1.54) is 6.33 Å². The highest BCUT2D eigenvalue weighted by atomic mass is 16.7. The standard InChI is InChI=1S/C23H20N6O4/c1-14-9-15(2)29(28-14)21-11-22(25-12-24-21)33-18-6-3-16(4-7-18)26-23(30)27-17-5-8-19-20(10-17)32-13-31-19/h3-12H,13H2,1-2H3,(H2,26,27,30). The van der Waals surface area contributed by atoms with Crippen LogP contribution in [0.4, 0.5) is 16.2 Å². The van der Waals surface area contributed by atoms with Gasteiger partial charge in [0.15, 0.2) is 17.3 Å². The van der Waals surface area contributed by atoms with Crippen LogP contribution in [0, 0.1) is 13.8 Å². The van der Waals surface area contributed by atoms with E-state index >= 15 is 0 Å². The Bertz CT molecular complexity index is 1320. The van der Waals surface area contributed by atoms with E-state index < -0.39 is 0 Å². The van der Waals surface area contributed by atoms with E-state index in [0.717, 1.165) is 11.4 Å². The largest absolute Gasteiger partial charge is 0.454 e. The molecule has 0 radical (unpaired) electrons. The fraction of sp³-hybridized carbons (Fsp3) is 0.130. The third kappa shape index (κ3) is 4.54. The number of carbonyl (C=O) groups is 1. The fourth-order valence-electron chi connectivity index (χ4n) is 3.36. The fourth-order valence-corrected chi connectivity index (χ4v) is 3.36. The lowest BCUT2D eigenvalue weighted by Crippen LogP contribution is -2.19. The van der Waals surface area contributed by atoms with E-state index in [9.17, 15) is 4.79 Å². The second kappa shape index (κ2) is 8.50. The van der Waals surface area contributed by atoms with Crippen molar-refractivity contribution in [1.82, 2.24) is 19.7 Å². The molecule has 1 aliphatic heterocycles. The van der Waals surface area contributed by atoms with Crippen LogP contribution in [0.3, 0.4) is 0 Å². The molecule has 0 saturated carbocycles. The molecule has 0 aliphatic carbocycles. The summed E-state index contributed by atoms with van der Waals surface area (Å²) >= 11 is 0. The molecular weight excluding hydrogens is 424 g/mol. The van der Waals surface area contributed by atoms with Crippen LogP contribution in [0.15, 0.2) is 60.9 Å². The van der Waals surface area contributed by atoms with Crippen molar-refractivity contribution in [3.63, 3.8) is 0 Å². The van der Waals surface area contributed by atoms with E-state index in [2.05, 4.69) is 25.7 Å². The van der Waals surface area contributed by atoms with Gasteiger partial charge in [-0.2, -0.15) is 5.10 Å². The Morgan fingerprint density at radius 3 is 2.48 bits per heavy atom. The highest BCUT2D eigenvalue weighted by Gasteiger charge is 2.14. The van der Waals surface area contributed by atoms with Gasteiger partial charge in [-0.3, -0.25) is 0 Å². The number of aryl methyl sites for hydroxylation is 2. The molecule has 2 N–H and O–H groups in total. The lowest BCUT2D eigenvalue weighted by Gasteiger charge is -2.10. The molecule has 3 heterocycles. The van der Waals surface area contributed by atoms with Crippen LogP contribution in [-0.4, -0.2) is 32.6 Å². The van der Waals surface area contributed by atoms with E-state index in [0.29, 0.717) is 40.3 Å². The summed E-state index contributed by atoms with van der Waals surface area (Å²) in [6.07, 6.45) is 1.43. The van der Waals surface area contributed by atoms with E-state index in [4.69, 9.17) is 14.2 Å². The number of nitrogens with one attached hydrogen (secondary N) is 2. The summed E-state index contributed by atoms with van der Waals surface area (Å²) in [5.74, 6) is 2.81. The van der Waals surface area contributed by atoms with Gasteiger partial charge in [0.1, 0.15) is 12.1 Å². The number of hydrogen-bond donors (Lipinski definition) is 2. The smallest absolute Gasteiger partial charge is 0.323 e. The Morgan fingerprint density at radius 2 is 1.70 bits per heavy atom.